The average Bonchev–Trinajstić information content (AvgIpc) is 2.51. The van der Waals surface area contributed by atoms with Gasteiger partial charge in [0.15, 0.2) is 0 Å². The molecular formula is C18H28N2O5. The van der Waals surface area contributed by atoms with Crippen molar-refractivity contribution in [3.8, 4) is 0 Å². The van der Waals surface area contributed by atoms with Crippen LogP contribution >= 0.6 is 0 Å². The Morgan fingerprint density at radius 2 is 1.68 bits per heavy atom. The van der Waals surface area contributed by atoms with Crippen molar-refractivity contribution in [3.63, 3.8) is 0 Å². The van der Waals surface area contributed by atoms with Gasteiger partial charge in [-0.2, -0.15) is 0 Å². The van der Waals surface area contributed by atoms with Gasteiger partial charge >= 0.3 is 11.9 Å². The summed E-state index contributed by atoms with van der Waals surface area (Å²) in [4.78, 5) is 35.1. The lowest BCUT2D eigenvalue weighted by Gasteiger charge is -2.57. The van der Waals surface area contributed by atoms with E-state index in [2.05, 4.69) is 5.32 Å². The molecule has 0 heterocycles. The molecule has 4 saturated carbocycles. The van der Waals surface area contributed by atoms with E-state index in [1.54, 1.807) is 0 Å². The molecule has 4 aliphatic rings. The van der Waals surface area contributed by atoms with Crippen LogP contribution in [-0.2, 0) is 19.1 Å². The number of aliphatic carboxylic acids is 1. The molecule has 7 nitrogen and oxygen atoms in total. The summed E-state index contributed by atoms with van der Waals surface area (Å²) in [6, 6.07) is -1.92. The minimum atomic E-state index is -1.17. The van der Waals surface area contributed by atoms with Crippen LogP contribution in [-0.4, -0.2) is 42.1 Å². The second-order valence-electron chi connectivity index (χ2n) is 8.41. The highest BCUT2D eigenvalue weighted by Crippen LogP contribution is 2.61. The Kier molecular flexibility index (Phi) is 5.04. The van der Waals surface area contributed by atoms with E-state index in [0.717, 1.165) is 37.0 Å². The number of rotatable bonds is 7. The first-order chi connectivity index (χ1) is 11.8. The minimum Gasteiger partial charge on any atom is -0.481 e. The molecule has 4 N–H and O–H groups in total. The summed E-state index contributed by atoms with van der Waals surface area (Å²) in [6.45, 7) is 0. The van der Waals surface area contributed by atoms with Crippen LogP contribution in [0.25, 0.3) is 0 Å². The van der Waals surface area contributed by atoms with Crippen molar-refractivity contribution in [3.05, 3.63) is 0 Å². The van der Waals surface area contributed by atoms with Crippen molar-refractivity contribution in [2.45, 2.75) is 63.5 Å². The molecule has 0 aliphatic heterocycles. The zero-order valence-electron chi connectivity index (χ0n) is 14.7. The van der Waals surface area contributed by atoms with Gasteiger partial charge in [0.1, 0.15) is 6.04 Å². The summed E-state index contributed by atoms with van der Waals surface area (Å²) in [5.41, 5.74) is 5.72. The van der Waals surface area contributed by atoms with Crippen LogP contribution in [0.2, 0.25) is 0 Å². The number of esters is 1. The van der Waals surface area contributed by atoms with Crippen molar-refractivity contribution < 1.29 is 24.2 Å². The number of carbonyl (C=O) groups excluding carboxylic acids is 2. The van der Waals surface area contributed by atoms with Gasteiger partial charge < -0.3 is 20.9 Å². The smallest absolute Gasteiger partial charge is 0.328 e. The predicted molar refractivity (Wildman–Crippen MR) is 89.4 cm³/mol. The standard InChI is InChI=1S/C18H28N2O5/c1-25-17(24)14(20-16(23)13(19)5-15(21)22)9-18-6-10-2-11(7-18)4-12(3-10)8-18/h10-14H,2-9,19H2,1H3,(H,20,23)(H,21,22)/t10?,11?,12?,13-,14-,18?/m0/s1. The molecule has 0 radical (unpaired) electrons. The first-order valence-corrected chi connectivity index (χ1v) is 9.16. The number of amides is 1. The molecule has 0 spiro atoms. The number of hydrogen-bond donors (Lipinski definition) is 3. The van der Waals surface area contributed by atoms with Gasteiger partial charge in [-0.25, -0.2) is 4.79 Å². The SMILES string of the molecule is COC(=O)[C@H](CC12CC3CC(CC(C3)C1)C2)NC(=O)[C@@H](N)CC(=O)O. The van der Waals surface area contributed by atoms with Crippen LogP contribution in [0.1, 0.15) is 51.4 Å². The van der Waals surface area contributed by atoms with Gasteiger partial charge in [0.2, 0.25) is 5.91 Å². The van der Waals surface area contributed by atoms with Gasteiger partial charge in [0.05, 0.1) is 19.6 Å². The van der Waals surface area contributed by atoms with Crippen molar-refractivity contribution in [1.29, 1.82) is 0 Å². The second kappa shape index (κ2) is 6.94. The second-order valence-corrected chi connectivity index (χ2v) is 8.41. The molecule has 7 heteroatoms. The fourth-order valence-corrected chi connectivity index (χ4v) is 5.87. The fraction of sp³-hybridized carbons (Fsp3) is 0.833. The molecular weight excluding hydrogens is 324 g/mol. The maximum absolute atomic E-state index is 12.2. The van der Waals surface area contributed by atoms with E-state index < -0.39 is 36.4 Å². The maximum Gasteiger partial charge on any atom is 0.328 e. The Labute approximate surface area is 147 Å². The molecule has 0 aromatic rings. The van der Waals surface area contributed by atoms with Crippen molar-refractivity contribution in [1.82, 2.24) is 5.32 Å². The van der Waals surface area contributed by atoms with Crippen LogP contribution in [0, 0.1) is 23.2 Å². The Morgan fingerprint density at radius 3 is 2.12 bits per heavy atom. The van der Waals surface area contributed by atoms with Gasteiger partial charge in [-0.15, -0.1) is 0 Å². The third-order valence-electron chi connectivity index (χ3n) is 6.34. The largest absolute Gasteiger partial charge is 0.481 e. The molecule has 4 fully saturated rings. The summed E-state index contributed by atoms with van der Waals surface area (Å²) >= 11 is 0. The van der Waals surface area contributed by atoms with Gasteiger partial charge in [-0.3, -0.25) is 9.59 Å². The van der Waals surface area contributed by atoms with E-state index in [4.69, 9.17) is 15.6 Å². The molecule has 0 aromatic carbocycles. The van der Waals surface area contributed by atoms with Crippen LogP contribution in [0.3, 0.4) is 0 Å². The first-order valence-electron chi connectivity index (χ1n) is 9.16. The normalized spacial score (nSPS) is 35.0. The summed E-state index contributed by atoms with van der Waals surface area (Å²) in [7, 11) is 1.30. The highest BCUT2D eigenvalue weighted by atomic mass is 16.5. The van der Waals surface area contributed by atoms with Crippen LogP contribution in [0.15, 0.2) is 0 Å². The molecule has 140 valence electrons. The molecule has 0 unspecified atom stereocenters. The molecule has 1 amide bonds. The summed E-state index contributed by atoms with van der Waals surface area (Å²) < 4.78 is 4.88. The monoisotopic (exact) mass is 352 g/mol. The minimum absolute atomic E-state index is 0.0950. The van der Waals surface area contributed by atoms with Crippen LogP contribution in [0.4, 0.5) is 0 Å². The maximum atomic E-state index is 12.2. The molecule has 2 atom stereocenters. The zero-order valence-corrected chi connectivity index (χ0v) is 14.7. The number of carboxylic acid groups (broad SMARTS) is 1. The van der Waals surface area contributed by atoms with E-state index >= 15 is 0 Å². The van der Waals surface area contributed by atoms with Crippen molar-refractivity contribution >= 4 is 17.8 Å². The summed E-state index contributed by atoms with van der Waals surface area (Å²) in [5, 5.41) is 11.4. The fourth-order valence-electron chi connectivity index (χ4n) is 5.87. The van der Waals surface area contributed by atoms with Crippen molar-refractivity contribution in [2.75, 3.05) is 7.11 Å². The first kappa shape index (κ1) is 18.2. The third kappa shape index (κ3) is 3.97. The number of nitrogens with two attached hydrogens (primary N) is 1. The summed E-state index contributed by atoms with van der Waals surface area (Å²) in [5.74, 6) is 0.00560. The number of ether oxygens (including phenoxy) is 1. The molecule has 0 saturated heterocycles. The average molecular weight is 352 g/mol. The molecule has 0 aromatic heterocycles. The lowest BCUT2D eigenvalue weighted by molar-refractivity contribution is -0.148. The van der Waals surface area contributed by atoms with E-state index in [1.165, 1.54) is 26.4 Å². The van der Waals surface area contributed by atoms with Crippen LogP contribution in [0.5, 0.6) is 0 Å². The molecule has 25 heavy (non-hydrogen) atoms. The molecule has 4 aliphatic carbocycles. The number of carbonyl (C=O) groups is 3. The Morgan fingerprint density at radius 1 is 1.16 bits per heavy atom. The number of hydrogen-bond acceptors (Lipinski definition) is 5. The topological polar surface area (TPSA) is 119 Å². The van der Waals surface area contributed by atoms with E-state index in [-0.39, 0.29) is 5.41 Å². The molecule has 4 rings (SSSR count). The lowest BCUT2D eigenvalue weighted by Crippen LogP contribution is -2.54. The van der Waals surface area contributed by atoms with Gasteiger partial charge in [-0.1, -0.05) is 0 Å². The quantitative estimate of drug-likeness (QED) is 0.589. The summed E-state index contributed by atoms with van der Waals surface area (Å²) in [6.07, 6.45) is 7.36. The van der Waals surface area contributed by atoms with E-state index in [0.29, 0.717) is 6.42 Å². The van der Waals surface area contributed by atoms with Crippen LogP contribution < -0.4 is 11.1 Å². The highest BCUT2D eigenvalue weighted by molar-refractivity contribution is 5.89. The molecule has 4 bridgehead atoms. The lowest BCUT2D eigenvalue weighted by atomic mass is 9.48. The Bertz CT molecular complexity index is 526. The number of methoxy groups -OCH3 is 1. The van der Waals surface area contributed by atoms with E-state index in [1.807, 2.05) is 0 Å². The highest BCUT2D eigenvalue weighted by Gasteiger charge is 2.52. The zero-order chi connectivity index (χ0) is 18.2. The third-order valence-corrected chi connectivity index (χ3v) is 6.34. The van der Waals surface area contributed by atoms with Crippen molar-refractivity contribution in [2.24, 2.45) is 28.9 Å². The van der Waals surface area contributed by atoms with E-state index in [9.17, 15) is 14.4 Å². The Balaban J connectivity index is 1.68. The number of carboxylic acids is 1. The van der Waals surface area contributed by atoms with Gasteiger partial charge in [0.25, 0.3) is 0 Å². The Hall–Kier alpha value is -1.63. The number of nitrogens with one attached hydrogen (secondary N) is 1. The van der Waals surface area contributed by atoms with Gasteiger partial charge in [0, 0.05) is 0 Å². The predicted octanol–water partition coefficient (Wildman–Crippen LogP) is 1.05. The van der Waals surface area contributed by atoms with Gasteiger partial charge in [-0.05, 0) is 68.1 Å².